The van der Waals surface area contributed by atoms with Gasteiger partial charge >= 0.3 is 0 Å². The zero-order chi connectivity index (χ0) is 15.2. The molecule has 1 N–H and O–H groups in total. The molecule has 21 heavy (non-hydrogen) atoms. The molecule has 1 aromatic carbocycles. The number of benzene rings is 1. The second kappa shape index (κ2) is 7.59. The van der Waals surface area contributed by atoms with E-state index in [1.807, 2.05) is 43.2 Å². The second-order valence-electron chi connectivity index (χ2n) is 5.44. The topological polar surface area (TPSA) is 33.1 Å². The molecule has 0 amide bonds. The van der Waals surface area contributed by atoms with Crippen LogP contribution in [0.2, 0.25) is 5.02 Å². The summed E-state index contributed by atoms with van der Waals surface area (Å²) in [6, 6.07) is 8.38. The summed E-state index contributed by atoms with van der Waals surface area (Å²) < 4.78 is 1.84. The first kappa shape index (κ1) is 16.0. The Hall–Kier alpha value is -1.36. The largest absolute Gasteiger partial charge is 0.313 e. The van der Waals surface area contributed by atoms with E-state index in [-0.39, 0.29) is 0 Å². The summed E-state index contributed by atoms with van der Waals surface area (Å²) in [6.07, 6.45) is 5.01. The van der Waals surface area contributed by atoms with Crippen molar-refractivity contribution in [2.24, 2.45) is 7.05 Å². The lowest BCUT2D eigenvalue weighted by Gasteiger charge is -2.21. The van der Waals surface area contributed by atoms with E-state index < -0.39 is 0 Å². The van der Waals surface area contributed by atoms with Crippen molar-refractivity contribution >= 4 is 11.6 Å². The molecule has 4 nitrogen and oxygen atoms in total. The summed E-state index contributed by atoms with van der Waals surface area (Å²) in [7, 11) is 6.07. The summed E-state index contributed by atoms with van der Waals surface area (Å²) >= 11 is 6.07. The molecular weight excluding hydrogens is 284 g/mol. The van der Waals surface area contributed by atoms with E-state index in [4.69, 9.17) is 11.6 Å². The molecule has 1 atom stereocenters. The molecule has 2 aromatic rings. The molecule has 0 bridgehead atoms. The maximum atomic E-state index is 6.07. The van der Waals surface area contributed by atoms with Gasteiger partial charge in [-0.2, -0.15) is 5.10 Å². The summed E-state index contributed by atoms with van der Waals surface area (Å²) in [5.74, 6) is 0. The number of aryl methyl sites for hydroxylation is 1. The fraction of sp³-hybridized carbons (Fsp3) is 0.438. The molecular formula is C16H23ClN4. The average Bonchev–Trinajstić information content (AvgIpc) is 2.85. The molecule has 0 fully saturated rings. The average molecular weight is 307 g/mol. The van der Waals surface area contributed by atoms with Crippen molar-refractivity contribution in [3.63, 3.8) is 0 Å². The minimum atomic E-state index is 0.319. The Morgan fingerprint density at radius 2 is 2.24 bits per heavy atom. The molecule has 0 saturated heterocycles. The van der Waals surface area contributed by atoms with Gasteiger partial charge in [-0.25, -0.2) is 0 Å². The van der Waals surface area contributed by atoms with Crippen LogP contribution in [0, 0.1) is 0 Å². The summed E-state index contributed by atoms with van der Waals surface area (Å²) in [6.45, 7) is 1.92. The molecule has 0 aliphatic rings. The lowest BCUT2D eigenvalue weighted by Crippen LogP contribution is -2.25. The number of aromatic nitrogens is 2. The first-order chi connectivity index (χ1) is 10.1. The predicted molar refractivity (Wildman–Crippen MR) is 87.4 cm³/mol. The maximum Gasteiger partial charge on any atom is 0.0534 e. The Morgan fingerprint density at radius 1 is 1.43 bits per heavy atom. The van der Waals surface area contributed by atoms with E-state index >= 15 is 0 Å². The van der Waals surface area contributed by atoms with E-state index in [9.17, 15) is 0 Å². The number of hydrogen-bond donors (Lipinski definition) is 1. The molecule has 0 saturated carbocycles. The van der Waals surface area contributed by atoms with Gasteiger partial charge in [-0.05, 0) is 44.8 Å². The molecule has 2 rings (SSSR count). The highest BCUT2D eigenvalue weighted by atomic mass is 35.5. The highest BCUT2D eigenvalue weighted by Crippen LogP contribution is 2.20. The second-order valence-corrected chi connectivity index (χ2v) is 5.88. The first-order valence-electron chi connectivity index (χ1n) is 7.17. The number of rotatable bonds is 7. The molecule has 114 valence electrons. The highest BCUT2D eigenvalue weighted by molar-refractivity contribution is 6.30. The van der Waals surface area contributed by atoms with E-state index in [0.29, 0.717) is 6.04 Å². The van der Waals surface area contributed by atoms with Gasteiger partial charge in [-0.1, -0.05) is 23.7 Å². The zero-order valence-electron chi connectivity index (χ0n) is 12.9. The van der Waals surface area contributed by atoms with Gasteiger partial charge in [0, 0.05) is 36.4 Å². The molecule has 1 unspecified atom stereocenters. The quantitative estimate of drug-likeness (QED) is 0.854. The van der Waals surface area contributed by atoms with Crippen LogP contribution in [0.4, 0.5) is 0 Å². The van der Waals surface area contributed by atoms with Crippen LogP contribution in [0.15, 0.2) is 36.7 Å². The lowest BCUT2D eigenvalue weighted by atomic mass is 10.0. The molecule has 0 aliphatic carbocycles. The monoisotopic (exact) mass is 306 g/mol. The minimum Gasteiger partial charge on any atom is -0.313 e. The fourth-order valence-corrected chi connectivity index (χ4v) is 2.69. The zero-order valence-corrected chi connectivity index (χ0v) is 13.6. The van der Waals surface area contributed by atoms with Crippen LogP contribution in [0.5, 0.6) is 0 Å². The minimum absolute atomic E-state index is 0.319. The summed E-state index contributed by atoms with van der Waals surface area (Å²) in [5, 5.41) is 8.36. The van der Waals surface area contributed by atoms with E-state index in [1.54, 1.807) is 0 Å². The van der Waals surface area contributed by atoms with Gasteiger partial charge in [0.25, 0.3) is 0 Å². The molecule has 1 heterocycles. The predicted octanol–water partition coefficient (Wildman–Crippen LogP) is 2.86. The van der Waals surface area contributed by atoms with Gasteiger partial charge in [-0.3, -0.25) is 4.68 Å². The molecule has 5 heteroatoms. The van der Waals surface area contributed by atoms with Crippen LogP contribution < -0.4 is 5.32 Å². The Labute approximate surface area is 131 Å². The number of halogens is 1. The van der Waals surface area contributed by atoms with Crippen molar-refractivity contribution in [2.45, 2.75) is 19.0 Å². The van der Waals surface area contributed by atoms with Gasteiger partial charge in [0.1, 0.15) is 0 Å². The van der Waals surface area contributed by atoms with Crippen molar-refractivity contribution in [3.8, 4) is 0 Å². The Balaban J connectivity index is 1.87. The van der Waals surface area contributed by atoms with Crippen LogP contribution >= 0.6 is 11.6 Å². The van der Waals surface area contributed by atoms with Crippen LogP contribution in [0.3, 0.4) is 0 Å². The van der Waals surface area contributed by atoms with Gasteiger partial charge in [0.2, 0.25) is 0 Å². The Bertz CT molecular complexity index is 567. The Morgan fingerprint density at radius 3 is 2.86 bits per heavy atom. The van der Waals surface area contributed by atoms with Crippen molar-refractivity contribution in [1.82, 2.24) is 20.0 Å². The van der Waals surface area contributed by atoms with Crippen molar-refractivity contribution in [3.05, 3.63) is 52.8 Å². The van der Waals surface area contributed by atoms with Crippen molar-refractivity contribution in [1.29, 1.82) is 0 Å². The van der Waals surface area contributed by atoms with E-state index in [0.717, 1.165) is 24.5 Å². The molecule has 0 aliphatic heterocycles. The third kappa shape index (κ3) is 4.84. The molecule has 1 aromatic heterocycles. The van der Waals surface area contributed by atoms with E-state index in [2.05, 4.69) is 34.6 Å². The van der Waals surface area contributed by atoms with Crippen LogP contribution in [-0.2, 0) is 13.6 Å². The van der Waals surface area contributed by atoms with Gasteiger partial charge in [-0.15, -0.1) is 0 Å². The lowest BCUT2D eigenvalue weighted by molar-refractivity contribution is 0.304. The van der Waals surface area contributed by atoms with Crippen LogP contribution in [-0.4, -0.2) is 35.3 Å². The summed E-state index contributed by atoms with van der Waals surface area (Å²) in [4.78, 5) is 2.31. The van der Waals surface area contributed by atoms with Crippen molar-refractivity contribution in [2.75, 3.05) is 20.6 Å². The summed E-state index contributed by atoms with van der Waals surface area (Å²) in [5.41, 5.74) is 2.48. The molecule has 0 spiro atoms. The van der Waals surface area contributed by atoms with Gasteiger partial charge < -0.3 is 10.2 Å². The smallest absolute Gasteiger partial charge is 0.0534 e. The Kier molecular flexibility index (Phi) is 5.79. The third-order valence-corrected chi connectivity index (χ3v) is 3.84. The molecule has 0 radical (unpaired) electrons. The number of nitrogens with one attached hydrogen (secondary N) is 1. The van der Waals surface area contributed by atoms with Crippen molar-refractivity contribution < 1.29 is 0 Å². The first-order valence-corrected chi connectivity index (χ1v) is 7.55. The number of hydrogen-bond acceptors (Lipinski definition) is 3. The number of nitrogens with zero attached hydrogens (tertiary/aromatic N) is 3. The van der Waals surface area contributed by atoms with Crippen LogP contribution in [0.1, 0.15) is 23.6 Å². The highest BCUT2D eigenvalue weighted by Gasteiger charge is 2.11. The van der Waals surface area contributed by atoms with E-state index in [1.165, 1.54) is 11.1 Å². The normalized spacial score (nSPS) is 12.8. The van der Waals surface area contributed by atoms with Gasteiger partial charge in [0.05, 0.1) is 6.20 Å². The fourth-order valence-electron chi connectivity index (χ4n) is 2.49. The van der Waals surface area contributed by atoms with Gasteiger partial charge in [0.15, 0.2) is 0 Å². The SMILES string of the molecule is CNC(CCN(C)Cc1cnn(C)c1)c1cccc(Cl)c1. The standard InChI is InChI=1S/C16H23ClN4/c1-18-16(14-5-4-6-15(17)9-14)7-8-20(2)11-13-10-19-21(3)12-13/h4-6,9-10,12,16,18H,7-8,11H2,1-3H3. The third-order valence-electron chi connectivity index (χ3n) is 3.61. The maximum absolute atomic E-state index is 6.07. The van der Waals surface area contributed by atoms with Crippen LogP contribution in [0.25, 0.3) is 0 Å².